The van der Waals surface area contributed by atoms with E-state index in [4.69, 9.17) is 39.5 Å². The molecule has 0 unspecified atom stereocenters. The number of amides is 1. The minimum Gasteiger partial charge on any atom is -0.483 e. The van der Waals surface area contributed by atoms with Gasteiger partial charge in [-0.1, -0.05) is 59.1 Å². The van der Waals surface area contributed by atoms with Crippen molar-refractivity contribution >= 4 is 46.4 Å². The Morgan fingerprint density at radius 2 is 1.68 bits per heavy atom. The van der Waals surface area contributed by atoms with Crippen LogP contribution >= 0.6 is 34.8 Å². The molecule has 4 rings (SSSR count). The molecule has 0 atom stereocenters. The maximum Gasteiger partial charge on any atom is 0.262 e. The van der Waals surface area contributed by atoms with Crippen LogP contribution in [0.4, 0.5) is 5.69 Å². The van der Waals surface area contributed by atoms with Gasteiger partial charge in [0.15, 0.2) is 6.61 Å². The molecule has 1 aliphatic rings. The number of anilines is 1. The Morgan fingerprint density at radius 3 is 2.41 bits per heavy atom. The lowest BCUT2D eigenvalue weighted by Gasteiger charge is -2.32. The van der Waals surface area contributed by atoms with Gasteiger partial charge in [-0.15, -0.1) is 0 Å². The van der Waals surface area contributed by atoms with Gasteiger partial charge in [-0.3, -0.25) is 9.69 Å². The van der Waals surface area contributed by atoms with Gasteiger partial charge in [0.05, 0.1) is 10.0 Å². The summed E-state index contributed by atoms with van der Waals surface area (Å²) in [5, 5.41) is 4.30. The average Bonchev–Trinajstić information content (AvgIpc) is 2.82. The standard InChI is InChI=1S/C26H26Cl3N3O2/c1-31-10-12-32(13-11-31)16-19-14-18(21-4-2-3-5-22(21)27)6-9-25(19)34-17-26(33)30-20-7-8-23(28)24(29)15-20/h2-9,14-15H,10-13,16-17H2,1H3,(H,30,33). The second-order valence-corrected chi connectivity index (χ2v) is 9.57. The van der Waals surface area contributed by atoms with E-state index in [0.29, 0.717) is 26.5 Å². The summed E-state index contributed by atoms with van der Waals surface area (Å²) in [6.45, 7) is 4.60. The molecule has 0 radical (unpaired) electrons. The Kier molecular flexibility index (Phi) is 8.35. The molecule has 1 saturated heterocycles. The quantitative estimate of drug-likeness (QED) is 0.412. The van der Waals surface area contributed by atoms with Crippen molar-refractivity contribution in [1.82, 2.24) is 9.80 Å². The minimum atomic E-state index is -0.279. The van der Waals surface area contributed by atoms with Gasteiger partial charge in [-0.2, -0.15) is 0 Å². The third-order valence-corrected chi connectivity index (χ3v) is 6.87. The van der Waals surface area contributed by atoms with Gasteiger partial charge < -0.3 is 15.0 Å². The molecule has 1 amide bonds. The number of carbonyl (C=O) groups excluding carboxylic acids is 1. The first-order valence-electron chi connectivity index (χ1n) is 11.1. The Morgan fingerprint density at radius 1 is 0.912 bits per heavy atom. The zero-order chi connectivity index (χ0) is 24.1. The smallest absolute Gasteiger partial charge is 0.262 e. The first kappa shape index (κ1) is 24.8. The molecule has 0 saturated carbocycles. The van der Waals surface area contributed by atoms with Crippen LogP contribution < -0.4 is 10.1 Å². The van der Waals surface area contributed by atoms with Crippen molar-refractivity contribution < 1.29 is 9.53 Å². The van der Waals surface area contributed by atoms with Crippen LogP contribution in [-0.4, -0.2) is 55.5 Å². The molecule has 5 nitrogen and oxygen atoms in total. The lowest BCUT2D eigenvalue weighted by molar-refractivity contribution is -0.118. The predicted octanol–water partition coefficient (Wildman–Crippen LogP) is 6.08. The van der Waals surface area contributed by atoms with Gasteiger partial charge in [0.25, 0.3) is 5.91 Å². The number of nitrogens with zero attached hydrogens (tertiary/aromatic N) is 2. The fraction of sp³-hybridized carbons (Fsp3) is 0.269. The highest BCUT2D eigenvalue weighted by Crippen LogP contribution is 2.32. The summed E-state index contributed by atoms with van der Waals surface area (Å²) >= 11 is 18.4. The van der Waals surface area contributed by atoms with Crippen LogP contribution in [0.25, 0.3) is 11.1 Å². The van der Waals surface area contributed by atoms with Crippen molar-refractivity contribution in [3.8, 4) is 16.9 Å². The normalized spacial score (nSPS) is 14.7. The topological polar surface area (TPSA) is 44.8 Å². The summed E-state index contributed by atoms with van der Waals surface area (Å²) in [5.74, 6) is 0.401. The highest BCUT2D eigenvalue weighted by atomic mass is 35.5. The molecule has 1 aliphatic heterocycles. The zero-order valence-electron chi connectivity index (χ0n) is 18.9. The fourth-order valence-electron chi connectivity index (χ4n) is 3.87. The second kappa shape index (κ2) is 11.4. The third-order valence-electron chi connectivity index (χ3n) is 5.80. The lowest BCUT2D eigenvalue weighted by atomic mass is 10.0. The number of likely N-dealkylation sites (N-methyl/N-ethyl adjacent to an activating group) is 1. The number of carbonyl (C=O) groups is 1. The van der Waals surface area contributed by atoms with Crippen molar-refractivity contribution in [2.24, 2.45) is 0 Å². The van der Waals surface area contributed by atoms with Crippen molar-refractivity contribution in [3.63, 3.8) is 0 Å². The van der Waals surface area contributed by atoms with E-state index in [9.17, 15) is 4.79 Å². The van der Waals surface area contributed by atoms with Gasteiger partial charge in [-0.05, 0) is 49.0 Å². The number of hydrogen-bond acceptors (Lipinski definition) is 4. The molecule has 0 aromatic heterocycles. The number of piperazine rings is 1. The Balaban J connectivity index is 1.50. The largest absolute Gasteiger partial charge is 0.483 e. The van der Waals surface area contributed by atoms with Gasteiger partial charge in [0.2, 0.25) is 0 Å². The maximum absolute atomic E-state index is 12.5. The summed E-state index contributed by atoms with van der Waals surface area (Å²) < 4.78 is 5.97. The Hall–Kier alpha value is -2.28. The van der Waals surface area contributed by atoms with Gasteiger partial charge in [-0.25, -0.2) is 0 Å². The van der Waals surface area contributed by atoms with Crippen LogP contribution in [0.1, 0.15) is 5.56 Å². The van der Waals surface area contributed by atoms with Crippen molar-refractivity contribution in [1.29, 1.82) is 0 Å². The number of benzene rings is 3. The highest BCUT2D eigenvalue weighted by molar-refractivity contribution is 6.42. The molecular weight excluding hydrogens is 493 g/mol. The molecule has 0 aliphatic carbocycles. The van der Waals surface area contributed by atoms with Crippen LogP contribution in [0.2, 0.25) is 15.1 Å². The first-order valence-corrected chi connectivity index (χ1v) is 12.2. The van der Waals surface area contributed by atoms with Crippen LogP contribution in [0.15, 0.2) is 60.7 Å². The minimum absolute atomic E-state index is 0.124. The number of nitrogens with one attached hydrogen (secondary N) is 1. The average molecular weight is 519 g/mol. The molecule has 1 heterocycles. The summed E-state index contributed by atoms with van der Waals surface area (Å²) in [6.07, 6.45) is 0. The molecule has 0 spiro atoms. The summed E-state index contributed by atoms with van der Waals surface area (Å²) in [5.41, 5.74) is 3.56. The number of halogens is 3. The summed E-state index contributed by atoms with van der Waals surface area (Å²) in [4.78, 5) is 17.2. The second-order valence-electron chi connectivity index (χ2n) is 8.35. The lowest BCUT2D eigenvalue weighted by Crippen LogP contribution is -2.43. The van der Waals surface area contributed by atoms with Crippen molar-refractivity contribution in [2.75, 3.05) is 45.2 Å². The Bertz CT molecular complexity index is 1160. The molecule has 3 aromatic carbocycles. The Labute approximate surface area is 215 Å². The SMILES string of the molecule is CN1CCN(Cc2cc(-c3ccccc3Cl)ccc2OCC(=O)Nc2ccc(Cl)c(Cl)c2)CC1. The van der Waals surface area contributed by atoms with Crippen molar-refractivity contribution in [3.05, 3.63) is 81.3 Å². The van der Waals surface area contributed by atoms with E-state index >= 15 is 0 Å². The number of ether oxygens (including phenoxy) is 1. The highest BCUT2D eigenvalue weighted by Gasteiger charge is 2.18. The van der Waals surface area contributed by atoms with Crippen molar-refractivity contribution in [2.45, 2.75) is 6.54 Å². The predicted molar refractivity (Wildman–Crippen MR) is 140 cm³/mol. The van der Waals surface area contributed by atoms with Gasteiger partial charge in [0.1, 0.15) is 5.75 Å². The number of rotatable bonds is 7. The van der Waals surface area contributed by atoms with Crippen LogP contribution in [-0.2, 0) is 11.3 Å². The molecule has 3 aromatic rings. The molecule has 8 heteroatoms. The molecule has 178 valence electrons. The molecule has 0 bridgehead atoms. The van der Waals surface area contributed by atoms with E-state index in [-0.39, 0.29) is 12.5 Å². The first-order chi connectivity index (χ1) is 16.4. The molecular formula is C26H26Cl3N3O2. The molecule has 1 N–H and O–H groups in total. The molecule has 34 heavy (non-hydrogen) atoms. The monoisotopic (exact) mass is 517 g/mol. The number of hydrogen-bond donors (Lipinski definition) is 1. The third kappa shape index (κ3) is 6.44. The fourth-order valence-corrected chi connectivity index (χ4v) is 4.41. The van der Waals surface area contributed by atoms with Gasteiger partial charge in [0, 0.05) is 54.6 Å². The van der Waals surface area contributed by atoms with E-state index < -0.39 is 0 Å². The van der Waals surface area contributed by atoms with E-state index in [0.717, 1.165) is 49.4 Å². The van der Waals surface area contributed by atoms with Gasteiger partial charge >= 0.3 is 0 Å². The van der Waals surface area contributed by atoms with Crippen LogP contribution in [0.5, 0.6) is 5.75 Å². The van der Waals surface area contributed by atoms with E-state index in [1.807, 2.05) is 36.4 Å². The molecule has 1 fully saturated rings. The van der Waals surface area contributed by atoms with E-state index in [1.165, 1.54) is 0 Å². The van der Waals surface area contributed by atoms with Crippen LogP contribution in [0, 0.1) is 0 Å². The van der Waals surface area contributed by atoms with E-state index in [1.54, 1.807) is 18.2 Å². The van der Waals surface area contributed by atoms with Crippen LogP contribution in [0.3, 0.4) is 0 Å². The maximum atomic E-state index is 12.5. The summed E-state index contributed by atoms with van der Waals surface area (Å²) in [7, 11) is 2.14. The summed E-state index contributed by atoms with van der Waals surface area (Å²) in [6, 6.07) is 18.7. The van der Waals surface area contributed by atoms with E-state index in [2.05, 4.69) is 28.2 Å². The zero-order valence-corrected chi connectivity index (χ0v) is 21.1.